The van der Waals surface area contributed by atoms with Crippen molar-refractivity contribution in [2.24, 2.45) is 5.92 Å². The Morgan fingerprint density at radius 1 is 0.900 bits per heavy atom. The van der Waals surface area contributed by atoms with Gasteiger partial charge in [0.2, 0.25) is 0 Å². The van der Waals surface area contributed by atoms with Crippen LogP contribution in [0.4, 0.5) is 0 Å². The van der Waals surface area contributed by atoms with Crippen molar-refractivity contribution in [3.8, 4) is 0 Å². The van der Waals surface area contributed by atoms with Gasteiger partial charge < -0.3 is 6.15 Å². The van der Waals surface area contributed by atoms with E-state index in [9.17, 15) is 0 Å². The van der Waals surface area contributed by atoms with Crippen LogP contribution in [0, 0.1) is 5.92 Å². The molecule has 0 aliphatic carbocycles. The standard InChI is InChI=1S/C9H20.H3N/c1-4-7-9(6-3)8-5-2;/h9H,4-8H2,1-3H3;1H3. The Balaban J connectivity index is 0. The van der Waals surface area contributed by atoms with Gasteiger partial charge in [0.25, 0.3) is 0 Å². The summed E-state index contributed by atoms with van der Waals surface area (Å²) in [6, 6.07) is 0. The molecule has 0 aliphatic rings. The summed E-state index contributed by atoms with van der Waals surface area (Å²) in [6.45, 7) is 6.85. The average Bonchev–Trinajstić information content (AvgIpc) is 1.88. The third-order valence-corrected chi connectivity index (χ3v) is 1.97. The lowest BCUT2D eigenvalue weighted by atomic mass is 9.96. The Kier molecular flexibility index (Phi) is 11.3. The summed E-state index contributed by atoms with van der Waals surface area (Å²) in [6.07, 6.45) is 6.97. The normalized spacial score (nSPS) is 9.60. The Hall–Kier alpha value is -0.0400. The Morgan fingerprint density at radius 3 is 1.50 bits per heavy atom. The molecule has 64 valence electrons. The highest BCUT2D eigenvalue weighted by molar-refractivity contribution is 4.54. The van der Waals surface area contributed by atoms with Gasteiger partial charge in [-0.3, -0.25) is 0 Å². The predicted molar refractivity (Wildman–Crippen MR) is 48.6 cm³/mol. The molecule has 1 nitrogen and oxygen atoms in total. The smallest absolute Gasteiger partial charge is 0.0417 e. The maximum atomic E-state index is 2.30. The zero-order valence-electron chi connectivity index (χ0n) is 7.82. The maximum absolute atomic E-state index is 2.30. The fourth-order valence-corrected chi connectivity index (χ4v) is 1.37. The number of rotatable bonds is 5. The zero-order chi connectivity index (χ0) is 7.11. The zero-order valence-corrected chi connectivity index (χ0v) is 7.82. The van der Waals surface area contributed by atoms with Gasteiger partial charge in [-0.15, -0.1) is 0 Å². The molecule has 0 aliphatic heterocycles. The molecule has 10 heavy (non-hydrogen) atoms. The molecule has 1 heteroatoms. The summed E-state index contributed by atoms with van der Waals surface area (Å²) >= 11 is 0. The van der Waals surface area contributed by atoms with E-state index >= 15 is 0 Å². The van der Waals surface area contributed by atoms with Crippen molar-refractivity contribution >= 4 is 0 Å². The molecule has 0 fully saturated rings. The Morgan fingerprint density at radius 2 is 1.30 bits per heavy atom. The van der Waals surface area contributed by atoms with E-state index in [1.807, 2.05) is 0 Å². The lowest BCUT2D eigenvalue weighted by Crippen LogP contribution is -1.96. The van der Waals surface area contributed by atoms with Gasteiger partial charge in [0.1, 0.15) is 0 Å². The van der Waals surface area contributed by atoms with Gasteiger partial charge in [0.05, 0.1) is 0 Å². The van der Waals surface area contributed by atoms with E-state index in [4.69, 9.17) is 0 Å². The lowest BCUT2D eigenvalue weighted by Gasteiger charge is -2.10. The molecule has 0 saturated heterocycles. The van der Waals surface area contributed by atoms with Gasteiger partial charge in [-0.25, -0.2) is 0 Å². The minimum absolute atomic E-state index is 0. The first-order valence-electron chi connectivity index (χ1n) is 4.35. The molecule has 3 N–H and O–H groups in total. The van der Waals surface area contributed by atoms with Crippen LogP contribution >= 0.6 is 0 Å². The summed E-state index contributed by atoms with van der Waals surface area (Å²) in [5.41, 5.74) is 0. The molecular weight excluding hydrogens is 122 g/mol. The van der Waals surface area contributed by atoms with Crippen LogP contribution in [-0.2, 0) is 0 Å². The molecule has 0 atom stereocenters. The summed E-state index contributed by atoms with van der Waals surface area (Å²) in [4.78, 5) is 0. The minimum atomic E-state index is 0. The molecule has 0 aromatic heterocycles. The second-order valence-corrected chi connectivity index (χ2v) is 2.85. The average molecular weight is 145 g/mol. The van der Waals surface area contributed by atoms with Crippen LogP contribution in [0.3, 0.4) is 0 Å². The van der Waals surface area contributed by atoms with Crippen LogP contribution in [0.5, 0.6) is 0 Å². The number of hydrogen-bond acceptors (Lipinski definition) is 1. The first-order valence-corrected chi connectivity index (χ1v) is 4.35. The van der Waals surface area contributed by atoms with Crippen LogP contribution in [0.2, 0.25) is 0 Å². The van der Waals surface area contributed by atoms with Crippen LogP contribution < -0.4 is 6.15 Å². The second-order valence-electron chi connectivity index (χ2n) is 2.85. The Labute approximate surface area is 65.8 Å². The molecule has 0 aromatic carbocycles. The second kappa shape index (κ2) is 8.96. The highest BCUT2D eigenvalue weighted by atomic mass is 14.1. The van der Waals surface area contributed by atoms with Gasteiger partial charge in [0.15, 0.2) is 0 Å². The Bertz CT molecular complexity index is 46.7. The molecule has 0 radical (unpaired) electrons. The molecule has 0 amide bonds. The van der Waals surface area contributed by atoms with Gasteiger partial charge in [-0.1, -0.05) is 52.9 Å². The topological polar surface area (TPSA) is 35.0 Å². The van der Waals surface area contributed by atoms with Crippen molar-refractivity contribution in [1.29, 1.82) is 0 Å². The van der Waals surface area contributed by atoms with Gasteiger partial charge in [-0.2, -0.15) is 0 Å². The summed E-state index contributed by atoms with van der Waals surface area (Å²) < 4.78 is 0. The third-order valence-electron chi connectivity index (χ3n) is 1.97. The number of hydrogen-bond donors (Lipinski definition) is 1. The lowest BCUT2D eigenvalue weighted by molar-refractivity contribution is 0.427. The van der Waals surface area contributed by atoms with Crippen LogP contribution in [-0.4, -0.2) is 0 Å². The maximum Gasteiger partial charge on any atom is -0.0417 e. The van der Waals surface area contributed by atoms with Gasteiger partial charge in [0, 0.05) is 0 Å². The van der Waals surface area contributed by atoms with Crippen molar-refractivity contribution in [3.63, 3.8) is 0 Å². The van der Waals surface area contributed by atoms with E-state index in [0.29, 0.717) is 0 Å². The van der Waals surface area contributed by atoms with E-state index in [1.54, 1.807) is 0 Å². The molecule has 0 heterocycles. The molecule has 0 rings (SSSR count). The molecule has 0 spiro atoms. The quantitative estimate of drug-likeness (QED) is 0.627. The van der Waals surface area contributed by atoms with Crippen molar-refractivity contribution in [3.05, 3.63) is 0 Å². The highest BCUT2D eigenvalue weighted by Gasteiger charge is 2.01. The summed E-state index contributed by atoms with van der Waals surface area (Å²) in [7, 11) is 0. The summed E-state index contributed by atoms with van der Waals surface area (Å²) in [5, 5.41) is 0. The van der Waals surface area contributed by atoms with Crippen LogP contribution in [0.25, 0.3) is 0 Å². The van der Waals surface area contributed by atoms with E-state index in [-0.39, 0.29) is 6.15 Å². The molecular formula is C9H23N. The monoisotopic (exact) mass is 145 g/mol. The summed E-state index contributed by atoms with van der Waals surface area (Å²) in [5.74, 6) is 1.01. The molecule has 0 saturated carbocycles. The van der Waals surface area contributed by atoms with Crippen LogP contribution in [0.1, 0.15) is 52.9 Å². The van der Waals surface area contributed by atoms with E-state index in [2.05, 4.69) is 20.8 Å². The molecule has 0 bridgehead atoms. The van der Waals surface area contributed by atoms with E-state index in [0.717, 1.165) is 5.92 Å². The predicted octanol–water partition coefficient (Wildman–Crippen LogP) is 3.77. The van der Waals surface area contributed by atoms with E-state index < -0.39 is 0 Å². The molecule has 0 unspecified atom stereocenters. The van der Waals surface area contributed by atoms with Gasteiger partial charge in [-0.05, 0) is 5.92 Å². The first kappa shape index (κ1) is 12.6. The van der Waals surface area contributed by atoms with Gasteiger partial charge >= 0.3 is 0 Å². The van der Waals surface area contributed by atoms with Crippen molar-refractivity contribution < 1.29 is 0 Å². The van der Waals surface area contributed by atoms with Crippen LogP contribution in [0.15, 0.2) is 0 Å². The fraction of sp³-hybridized carbons (Fsp3) is 1.00. The molecule has 0 aromatic rings. The van der Waals surface area contributed by atoms with Crippen molar-refractivity contribution in [1.82, 2.24) is 6.15 Å². The minimum Gasteiger partial charge on any atom is -0.344 e. The van der Waals surface area contributed by atoms with E-state index in [1.165, 1.54) is 32.1 Å². The largest absolute Gasteiger partial charge is 0.344 e. The SMILES string of the molecule is CCCC(CC)CCC.N. The fourth-order valence-electron chi connectivity index (χ4n) is 1.37. The van der Waals surface area contributed by atoms with Crippen molar-refractivity contribution in [2.75, 3.05) is 0 Å². The third kappa shape index (κ3) is 6.09. The highest BCUT2D eigenvalue weighted by Crippen LogP contribution is 2.16. The first-order chi connectivity index (χ1) is 4.35. The van der Waals surface area contributed by atoms with Crippen molar-refractivity contribution in [2.45, 2.75) is 52.9 Å².